The zero-order valence-corrected chi connectivity index (χ0v) is 13.0. The van der Waals surface area contributed by atoms with Crippen molar-refractivity contribution in [3.63, 3.8) is 0 Å². The summed E-state index contributed by atoms with van der Waals surface area (Å²) in [4.78, 5) is 0. The maximum absolute atomic E-state index is 2.34. The van der Waals surface area contributed by atoms with Gasteiger partial charge in [-0.15, -0.1) is 17.0 Å². The number of aryl methyl sites for hydroxylation is 1. The minimum absolute atomic E-state index is 0. The standard InChI is InChI=1S/C15H21N2.BrH/c1-4-10-16-11-12-17(14(16)3)13(2)15-8-6-5-7-9-15;/h5-9,11-13H,4,10H2,1-3H3;1H/q+1;/t13-;/m1./s1. The summed E-state index contributed by atoms with van der Waals surface area (Å²) in [6, 6.07) is 11.0. The lowest BCUT2D eigenvalue weighted by atomic mass is 10.1. The normalized spacial score (nSPS) is 11.9. The first kappa shape index (κ1) is 15.0. The molecule has 0 unspecified atom stereocenters. The van der Waals surface area contributed by atoms with Crippen molar-refractivity contribution in [3.8, 4) is 0 Å². The third kappa shape index (κ3) is 3.02. The molecular weight excluding hydrogens is 288 g/mol. The first-order valence-corrected chi connectivity index (χ1v) is 6.36. The highest BCUT2D eigenvalue weighted by Gasteiger charge is 2.18. The predicted molar refractivity (Wildman–Crippen MR) is 80.2 cm³/mol. The number of hydrogen-bond donors (Lipinski definition) is 0. The number of imidazole rings is 1. The Morgan fingerprint density at radius 3 is 2.50 bits per heavy atom. The molecule has 0 saturated carbocycles. The summed E-state index contributed by atoms with van der Waals surface area (Å²) < 4.78 is 4.66. The molecule has 0 aliphatic carbocycles. The van der Waals surface area contributed by atoms with Crippen molar-refractivity contribution in [2.24, 2.45) is 0 Å². The van der Waals surface area contributed by atoms with E-state index in [0.29, 0.717) is 6.04 Å². The van der Waals surface area contributed by atoms with Crippen molar-refractivity contribution in [2.45, 2.75) is 39.8 Å². The fraction of sp³-hybridized carbons (Fsp3) is 0.400. The Labute approximate surface area is 120 Å². The minimum atomic E-state index is 0. The van der Waals surface area contributed by atoms with Crippen molar-refractivity contribution >= 4 is 17.0 Å². The Morgan fingerprint density at radius 2 is 1.89 bits per heavy atom. The maximum atomic E-state index is 2.34. The smallest absolute Gasteiger partial charge is 0.234 e. The second kappa shape index (κ2) is 6.74. The Hall–Kier alpha value is -1.09. The Kier molecular flexibility index (Phi) is 5.60. The highest BCUT2D eigenvalue weighted by Crippen LogP contribution is 2.17. The van der Waals surface area contributed by atoms with Gasteiger partial charge in [0.15, 0.2) is 0 Å². The second-order valence-corrected chi connectivity index (χ2v) is 4.53. The Morgan fingerprint density at radius 1 is 1.22 bits per heavy atom. The fourth-order valence-corrected chi connectivity index (χ4v) is 2.30. The van der Waals surface area contributed by atoms with Crippen molar-refractivity contribution in [1.82, 2.24) is 4.57 Å². The summed E-state index contributed by atoms with van der Waals surface area (Å²) in [5.41, 5.74) is 1.36. The zero-order chi connectivity index (χ0) is 12.3. The largest absolute Gasteiger partial charge is 0.253 e. The lowest BCUT2D eigenvalue weighted by molar-refractivity contribution is -0.702. The van der Waals surface area contributed by atoms with Gasteiger partial charge in [-0.3, -0.25) is 0 Å². The minimum Gasteiger partial charge on any atom is -0.234 e. The van der Waals surface area contributed by atoms with Gasteiger partial charge in [-0.1, -0.05) is 37.3 Å². The first-order valence-electron chi connectivity index (χ1n) is 6.36. The van der Waals surface area contributed by atoms with Crippen LogP contribution in [0.5, 0.6) is 0 Å². The molecule has 0 spiro atoms. The van der Waals surface area contributed by atoms with Gasteiger partial charge in [0, 0.05) is 6.92 Å². The lowest BCUT2D eigenvalue weighted by Crippen LogP contribution is -2.35. The van der Waals surface area contributed by atoms with E-state index in [1.807, 2.05) is 0 Å². The highest BCUT2D eigenvalue weighted by molar-refractivity contribution is 8.93. The molecule has 0 radical (unpaired) electrons. The van der Waals surface area contributed by atoms with Crippen LogP contribution >= 0.6 is 17.0 Å². The fourth-order valence-electron chi connectivity index (χ4n) is 2.30. The van der Waals surface area contributed by atoms with Crippen molar-refractivity contribution in [1.29, 1.82) is 0 Å². The number of aromatic nitrogens is 2. The molecule has 0 amide bonds. The molecular formula is C15H22BrN2+. The molecule has 0 fully saturated rings. The zero-order valence-electron chi connectivity index (χ0n) is 11.3. The van der Waals surface area contributed by atoms with Crippen LogP contribution in [0.15, 0.2) is 42.7 Å². The quantitative estimate of drug-likeness (QED) is 0.762. The molecule has 3 heteroatoms. The molecule has 1 heterocycles. The van der Waals surface area contributed by atoms with E-state index in [1.165, 1.54) is 17.8 Å². The molecule has 2 rings (SSSR count). The molecule has 1 aromatic carbocycles. The molecule has 98 valence electrons. The van der Waals surface area contributed by atoms with E-state index < -0.39 is 0 Å². The van der Waals surface area contributed by atoms with Gasteiger partial charge in [0.05, 0.1) is 6.54 Å². The van der Waals surface area contributed by atoms with Crippen molar-refractivity contribution < 1.29 is 4.57 Å². The summed E-state index contributed by atoms with van der Waals surface area (Å²) in [6.07, 6.45) is 5.54. The molecule has 2 aromatic rings. The van der Waals surface area contributed by atoms with Gasteiger partial charge in [-0.25, -0.2) is 9.13 Å². The third-order valence-corrected chi connectivity index (χ3v) is 3.36. The third-order valence-electron chi connectivity index (χ3n) is 3.36. The molecule has 18 heavy (non-hydrogen) atoms. The van der Waals surface area contributed by atoms with Crippen LogP contribution < -0.4 is 4.57 Å². The van der Waals surface area contributed by atoms with E-state index in [2.05, 4.69) is 72.6 Å². The van der Waals surface area contributed by atoms with Crippen LogP contribution in [0.4, 0.5) is 0 Å². The van der Waals surface area contributed by atoms with Gasteiger partial charge in [0.25, 0.3) is 5.82 Å². The van der Waals surface area contributed by atoms with E-state index in [-0.39, 0.29) is 17.0 Å². The molecule has 0 N–H and O–H groups in total. The average molecular weight is 310 g/mol. The van der Waals surface area contributed by atoms with Crippen LogP contribution in [0, 0.1) is 6.92 Å². The lowest BCUT2D eigenvalue weighted by Gasteiger charge is -2.10. The summed E-state index contributed by atoms with van der Waals surface area (Å²) in [5, 5.41) is 0. The van der Waals surface area contributed by atoms with Crippen LogP contribution in [0.2, 0.25) is 0 Å². The van der Waals surface area contributed by atoms with Crippen molar-refractivity contribution in [2.75, 3.05) is 0 Å². The van der Waals surface area contributed by atoms with Crippen LogP contribution in [-0.4, -0.2) is 4.57 Å². The van der Waals surface area contributed by atoms with Crippen LogP contribution in [-0.2, 0) is 6.54 Å². The van der Waals surface area contributed by atoms with Gasteiger partial charge < -0.3 is 0 Å². The molecule has 0 saturated heterocycles. The number of rotatable bonds is 4. The molecule has 2 nitrogen and oxygen atoms in total. The highest BCUT2D eigenvalue weighted by atomic mass is 79.9. The van der Waals surface area contributed by atoms with E-state index in [1.54, 1.807) is 0 Å². The number of benzene rings is 1. The van der Waals surface area contributed by atoms with Crippen LogP contribution in [0.1, 0.15) is 37.7 Å². The van der Waals surface area contributed by atoms with Crippen LogP contribution in [0.25, 0.3) is 0 Å². The summed E-state index contributed by atoms with van der Waals surface area (Å²) >= 11 is 0. The number of hydrogen-bond acceptors (Lipinski definition) is 0. The number of nitrogens with zero attached hydrogens (tertiary/aromatic N) is 2. The van der Waals surface area contributed by atoms with Gasteiger partial charge in [-0.05, 0) is 18.9 Å². The second-order valence-electron chi connectivity index (χ2n) is 4.53. The topological polar surface area (TPSA) is 8.81 Å². The molecule has 1 atom stereocenters. The van der Waals surface area contributed by atoms with Crippen LogP contribution in [0.3, 0.4) is 0 Å². The van der Waals surface area contributed by atoms with E-state index in [4.69, 9.17) is 0 Å². The van der Waals surface area contributed by atoms with Gasteiger partial charge in [0.2, 0.25) is 0 Å². The first-order chi connectivity index (χ1) is 8.24. The maximum Gasteiger partial charge on any atom is 0.253 e. The van der Waals surface area contributed by atoms with E-state index >= 15 is 0 Å². The number of halogens is 1. The van der Waals surface area contributed by atoms with Gasteiger partial charge in [-0.2, -0.15) is 0 Å². The summed E-state index contributed by atoms with van der Waals surface area (Å²) in [5.74, 6) is 1.32. The van der Waals surface area contributed by atoms with Crippen molar-refractivity contribution in [3.05, 3.63) is 54.1 Å². The van der Waals surface area contributed by atoms with Gasteiger partial charge in [0.1, 0.15) is 18.4 Å². The molecule has 0 bridgehead atoms. The monoisotopic (exact) mass is 309 g/mol. The van der Waals surface area contributed by atoms with Gasteiger partial charge >= 0.3 is 0 Å². The Balaban J connectivity index is 0.00000162. The van der Waals surface area contributed by atoms with E-state index in [0.717, 1.165) is 6.54 Å². The molecule has 0 aliphatic rings. The summed E-state index contributed by atoms with van der Waals surface area (Å²) in [6.45, 7) is 7.75. The molecule has 0 aliphatic heterocycles. The summed E-state index contributed by atoms with van der Waals surface area (Å²) in [7, 11) is 0. The average Bonchev–Trinajstić information content (AvgIpc) is 2.72. The Bertz CT molecular complexity index is 476. The van der Waals surface area contributed by atoms with E-state index in [9.17, 15) is 0 Å². The molecule has 1 aromatic heterocycles. The predicted octanol–water partition coefficient (Wildman–Crippen LogP) is 3.68. The SMILES string of the molecule is Br.CCC[n+]1ccn([C@H](C)c2ccccc2)c1C.